The molecule has 1 aromatic rings. The molecule has 1 saturated heterocycles. The predicted octanol–water partition coefficient (Wildman–Crippen LogP) is 2.51. The Balaban J connectivity index is 1.90. The van der Waals surface area contributed by atoms with E-state index in [0.29, 0.717) is 12.5 Å². The Kier molecular flexibility index (Phi) is 3.39. The van der Waals surface area contributed by atoms with Crippen LogP contribution in [-0.2, 0) is 4.79 Å². The maximum Gasteiger partial charge on any atom is 0.267 e. The van der Waals surface area contributed by atoms with Gasteiger partial charge in [0.25, 0.3) is 6.71 Å². The van der Waals surface area contributed by atoms with Crippen molar-refractivity contribution in [1.29, 1.82) is 5.26 Å². The molecular formula is C15H18BN3O. The van der Waals surface area contributed by atoms with Crippen LogP contribution < -0.4 is 10.2 Å². The molecule has 0 bridgehead atoms. The van der Waals surface area contributed by atoms with Gasteiger partial charge in [0.05, 0.1) is 17.9 Å². The maximum absolute atomic E-state index is 11.6. The van der Waals surface area contributed by atoms with E-state index in [4.69, 9.17) is 5.26 Å². The van der Waals surface area contributed by atoms with Gasteiger partial charge < -0.3 is 10.2 Å². The molecule has 0 unspecified atom stereocenters. The molecule has 2 aliphatic heterocycles. The summed E-state index contributed by atoms with van der Waals surface area (Å²) in [6, 6.07) is 6.15. The lowest BCUT2D eigenvalue weighted by atomic mass is 9.41. The van der Waals surface area contributed by atoms with E-state index in [1.54, 1.807) is 0 Å². The number of rotatable bonds is 1. The van der Waals surface area contributed by atoms with E-state index >= 15 is 0 Å². The average Bonchev–Trinajstić information content (AvgIpc) is 2.46. The van der Waals surface area contributed by atoms with Crippen LogP contribution in [0.3, 0.4) is 0 Å². The highest BCUT2D eigenvalue weighted by Crippen LogP contribution is 2.42. The van der Waals surface area contributed by atoms with Crippen LogP contribution in [0.25, 0.3) is 0 Å². The molecule has 0 radical (unpaired) electrons. The number of hydrogen-bond donors (Lipinski definition) is 1. The van der Waals surface area contributed by atoms with Gasteiger partial charge in [0.15, 0.2) is 0 Å². The summed E-state index contributed by atoms with van der Waals surface area (Å²) in [6.07, 6.45) is 4.11. The third kappa shape index (κ3) is 2.26. The highest BCUT2D eigenvalue weighted by Gasteiger charge is 2.29. The minimum Gasteiger partial charge on any atom is -0.363 e. The number of carbonyl (C=O) groups is 1. The molecule has 102 valence electrons. The molecule has 4 nitrogen and oxygen atoms in total. The molecule has 0 aliphatic carbocycles. The van der Waals surface area contributed by atoms with Crippen LogP contribution in [0.15, 0.2) is 18.2 Å². The van der Waals surface area contributed by atoms with Crippen molar-refractivity contribution in [3.63, 3.8) is 0 Å². The summed E-state index contributed by atoms with van der Waals surface area (Å²) in [4.78, 5) is 13.7. The van der Waals surface area contributed by atoms with Gasteiger partial charge in [-0.15, -0.1) is 0 Å². The number of amides is 1. The SMILES string of the molecule is CN1CC(=O)Nc2cccc(C3CCB(C#N)CC3)c21. The average molecular weight is 267 g/mol. The summed E-state index contributed by atoms with van der Waals surface area (Å²) in [6.45, 7) is 0.639. The van der Waals surface area contributed by atoms with Crippen LogP contribution in [0, 0.1) is 11.2 Å². The van der Waals surface area contributed by atoms with Crippen molar-refractivity contribution < 1.29 is 4.79 Å². The van der Waals surface area contributed by atoms with E-state index in [2.05, 4.69) is 17.4 Å². The minimum atomic E-state index is 0.0466. The van der Waals surface area contributed by atoms with E-state index in [9.17, 15) is 4.79 Å². The fourth-order valence-corrected chi connectivity index (χ4v) is 3.44. The number of nitrogens with zero attached hydrogens (tertiary/aromatic N) is 2. The number of hydrogen-bond acceptors (Lipinski definition) is 3. The normalized spacial score (nSPS) is 19.3. The van der Waals surface area contributed by atoms with Crippen LogP contribution in [0.4, 0.5) is 11.4 Å². The van der Waals surface area contributed by atoms with Gasteiger partial charge >= 0.3 is 0 Å². The van der Waals surface area contributed by atoms with Crippen LogP contribution in [0.1, 0.15) is 24.3 Å². The first-order chi connectivity index (χ1) is 9.69. The van der Waals surface area contributed by atoms with Crippen molar-refractivity contribution in [2.24, 2.45) is 0 Å². The second-order valence-corrected chi connectivity index (χ2v) is 5.83. The summed E-state index contributed by atoms with van der Waals surface area (Å²) in [5.41, 5.74) is 3.40. The lowest BCUT2D eigenvalue weighted by Crippen LogP contribution is -2.36. The number of fused-ring (bicyclic) bond motifs is 1. The molecule has 1 aromatic carbocycles. The number of likely N-dealkylation sites (N-methyl/N-ethyl adjacent to an activating group) is 1. The Hall–Kier alpha value is -1.96. The van der Waals surface area contributed by atoms with E-state index in [1.165, 1.54) is 5.56 Å². The van der Waals surface area contributed by atoms with Crippen LogP contribution in [-0.4, -0.2) is 26.2 Å². The van der Waals surface area contributed by atoms with Gasteiger partial charge in [-0.05, 0) is 17.5 Å². The van der Waals surface area contributed by atoms with E-state index in [0.717, 1.165) is 36.9 Å². The van der Waals surface area contributed by atoms with Gasteiger partial charge in [-0.2, -0.15) is 0 Å². The van der Waals surface area contributed by atoms with Gasteiger partial charge in [-0.25, -0.2) is 5.26 Å². The van der Waals surface area contributed by atoms with Crippen molar-refractivity contribution in [1.82, 2.24) is 0 Å². The Morgan fingerprint density at radius 1 is 1.40 bits per heavy atom. The van der Waals surface area contributed by atoms with E-state index in [-0.39, 0.29) is 12.6 Å². The third-order valence-corrected chi connectivity index (χ3v) is 4.45. The third-order valence-electron chi connectivity index (χ3n) is 4.45. The number of anilines is 2. The molecule has 1 amide bonds. The van der Waals surface area contributed by atoms with Gasteiger partial charge in [0, 0.05) is 13.0 Å². The zero-order chi connectivity index (χ0) is 14.1. The summed E-state index contributed by atoms with van der Waals surface area (Å²) in [5.74, 6) is 2.94. The maximum atomic E-state index is 11.6. The van der Waals surface area contributed by atoms with Gasteiger partial charge in [-0.1, -0.05) is 37.6 Å². The molecule has 0 aromatic heterocycles. The Labute approximate surface area is 119 Å². The van der Waals surface area contributed by atoms with Crippen molar-refractivity contribution in [3.05, 3.63) is 23.8 Å². The van der Waals surface area contributed by atoms with E-state index < -0.39 is 0 Å². The minimum absolute atomic E-state index is 0.0466. The van der Waals surface area contributed by atoms with Crippen molar-refractivity contribution >= 4 is 24.0 Å². The second kappa shape index (κ2) is 5.20. The van der Waals surface area contributed by atoms with Gasteiger partial charge in [0.2, 0.25) is 5.91 Å². The number of benzene rings is 1. The smallest absolute Gasteiger partial charge is 0.267 e. The van der Waals surface area contributed by atoms with Crippen molar-refractivity contribution in [2.75, 3.05) is 23.8 Å². The fraction of sp³-hybridized carbons (Fsp3) is 0.467. The van der Waals surface area contributed by atoms with Crippen LogP contribution in [0.5, 0.6) is 0 Å². The monoisotopic (exact) mass is 267 g/mol. The zero-order valence-corrected chi connectivity index (χ0v) is 11.7. The Morgan fingerprint density at radius 3 is 2.85 bits per heavy atom. The number of nitriles is 1. The standard InChI is InChI=1S/C15H18BN3O/c1-19-9-14(20)18-13-4-2-3-12(15(13)19)11-5-7-16(10-17)8-6-11/h2-4,11H,5-9H2,1H3,(H,18,20). The Morgan fingerprint density at radius 2 is 2.15 bits per heavy atom. The summed E-state index contributed by atoms with van der Waals surface area (Å²) in [7, 11) is 1.97. The zero-order valence-electron chi connectivity index (χ0n) is 11.7. The van der Waals surface area contributed by atoms with Gasteiger partial charge in [0.1, 0.15) is 0 Å². The summed E-state index contributed by atoms with van der Waals surface area (Å²) in [5, 5.41) is 12.0. The van der Waals surface area contributed by atoms with Gasteiger partial charge in [-0.3, -0.25) is 4.79 Å². The molecule has 5 heteroatoms. The largest absolute Gasteiger partial charge is 0.363 e. The highest BCUT2D eigenvalue weighted by molar-refractivity contribution is 6.67. The van der Waals surface area contributed by atoms with Crippen molar-refractivity contribution in [3.8, 4) is 5.97 Å². The summed E-state index contributed by atoms with van der Waals surface area (Å²) >= 11 is 0. The first-order valence-corrected chi connectivity index (χ1v) is 7.22. The number of para-hydroxylation sites is 1. The second-order valence-electron chi connectivity index (χ2n) is 5.83. The molecule has 1 fully saturated rings. The van der Waals surface area contributed by atoms with Crippen LogP contribution >= 0.6 is 0 Å². The topological polar surface area (TPSA) is 56.1 Å². The number of nitrogens with one attached hydrogen (secondary N) is 1. The molecule has 0 spiro atoms. The first kappa shape index (κ1) is 13.0. The molecule has 2 heterocycles. The molecule has 1 N–H and O–H groups in total. The fourth-order valence-electron chi connectivity index (χ4n) is 3.44. The van der Waals surface area contributed by atoms with E-state index in [1.807, 2.05) is 24.1 Å². The van der Waals surface area contributed by atoms with Crippen LogP contribution in [0.2, 0.25) is 12.6 Å². The molecule has 20 heavy (non-hydrogen) atoms. The van der Waals surface area contributed by atoms with Crippen molar-refractivity contribution in [2.45, 2.75) is 31.4 Å². The highest BCUT2D eigenvalue weighted by atomic mass is 16.2. The predicted molar refractivity (Wildman–Crippen MR) is 81.3 cm³/mol. The lowest BCUT2D eigenvalue weighted by Gasteiger charge is -2.33. The Bertz CT molecular complexity index is 573. The molecule has 3 rings (SSSR count). The molecule has 0 atom stereocenters. The summed E-state index contributed by atoms with van der Waals surface area (Å²) < 4.78 is 0. The molecule has 0 saturated carbocycles. The lowest BCUT2D eigenvalue weighted by molar-refractivity contribution is -0.115. The molecule has 2 aliphatic rings. The first-order valence-electron chi connectivity index (χ1n) is 7.22. The number of carbonyl (C=O) groups excluding carboxylic acids is 1. The quantitative estimate of drug-likeness (QED) is 0.795. The molecular weight excluding hydrogens is 249 g/mol.